The van der Waals surface area contributed by atoms with Crippen molar-refractivity contribution in [3.05, 3.63) is 81.0 Å². The Morgan fingerprint density at radius 3 is 2.53 bits per heavy atom. The summed E-state index contributed by atoms with van der Waals surface area (Å²) in [7, 11) is 0. The lowest BCUT2D eigenvalue weighted by atomic mass is 9.93. The summed E-state index contributed by atoms with van der Waals surface area (Å²) in [6.07, 6.45) is -4.90. The third-order valence-electron chi connectivity index (χ3n) is 5.45. The van der Waals surface area contributed by atoms with Crippen LogP contribution < -0.4 is 15.8 Å². The van der Waals surface area contributed by atoms with E-state index in [4.69, 9.17) is 11.6 Å². The van der Waals surface area contributed by atoms with E-state index in [9.17, 15) is 31.9 Å². The number of fused-ring (bicyclic) bond motifs is 3. The molecule has 0 spiro atoms. The number of carbonyl (C=O) groups excluding carboxylic acids is 2. The van der Waals surface area contributed by atoms with Crippen molar-refractivity contribution in [2.75, 3.05) is 16.8 Å². The molecule has 6 nitrogen and oxygen atoms in total. The van der Waals surface area contributed by atoms with Crippen molar-refractivity contribution in [1.82, 2.24) is 4.98 Å². The predicted molar refractivity (Wildman–Crippen MR) is 118 cm³/mol. The minimum Gasteiger partial charge on any atom is -0.324 e. The van der Waals surface area contributed by atoms with E-state index in [1.54, 1.807) is 18.2 Å². The van der Waals surface area contributed by atoms with E-state index in [1.807, 2.05) is 4.98 Å². The number of amides is 2. The summed E-state index contributed by atoms with van der Waals surface area (Å²) in [6, 6.07) is 10.5. The van der Waals surface area contributed by atoms with Crippen LogP contribution in [0, 0.1) is 5.82 Å². The summed E-state index contributed by atoms with van der Waals surface area (Å²) >= 11 is 5.63. The first-order chi connectivity index (χ1) is 16.0. The molecule has 3 aromatic rings. The Morgan fingerprint density at radius 1 is 1.15 bits per heavy atom. The molecule has 0 fully saturated rings. The van der Waals surface area contributed by atoms with Crippen molar-refractivity contribution < 1.29 is 27.2 Å². The number of carbonyl (C=O) groups is 2. The fourth-order valence-electron chi connectivity index (χ4n) is 3.84. The van der Waals surface area contributed by atoms with Gasteiger partial charge in [0, 0.05) is 5.69 Å². The molecule has 0 radical (unpaired) electrons. The number of pyridine rings is 1. The van der Waals surface area contributed by atoms with Gasteiger partial charge in [0.2, 0.25) is 11.8 Å². The van der Waals surface area contributed by atoms with Gasteiger partial charge in [-0.2, -0.15) is 13.2 Å². The zero-order valence-electron chi connectivity index (χ0n) is 17.5. The van der Waals surface area contributed by atoms with E-state index in [1.165, 1.54) is 25.1 Å². The Labute approximate surface area is 195 Å². The molecule has 1 atom stereocenters. The Kier molecular flexibility index (Phi) is 5.94. The van der Waals surface area contributed by atoms with Crippen molar-refractivity contribution >= 4 is 34.8 Å². The monoisotopic (exact) mass is 493 g/mol. The van der Waals surface area contributed by atoms with E-state index < -0.39 is 47.5 Å². The van der Waals surface area contributed by atoms with Crippen LogP contribution in [0.4, 0.5) is 28.9 Å². The number of anilines is 2. The average molecular weight is 494 g/mol. The second-order valence-electron chi connectivity index (χ2n) is 7.68. The minimum atomic E-state index is -4.90. The molecule has 0 saturated heterocycles. The van der Waals surface area contributed by atoms with Crippen LogP contribution in [0.25, 0.3) is 11.1 Å². The number of benzene rings is 2. The number of aromatic nitrogens is 1. The lowest BCUT2D eigenvalue weighted by molar-refractivity contribution is -0.141. The smallest absolute Gasteiger partial charge is 0.324 e. The molecule has 2 amide bonds. The standard InChI is InChI=1S/C23H16ClF4N3O3/c1-11-13-4-2-3-5-14(13)20-17(9-18(23(26,27)28)30-21(20)33)31(22(11)34)10-19(32)29-12-6-7-15(24)16(25)8-12/h2-9,11H,10H2,1H3,(H,29,32)(H,30,33). The van der Waals surface area contributed by atoms with Crippen LogP contribution in [-0.4, -0.2) is 23.3 Å². The fourth-order valence-corrected chi connectivity index (χ4v) is 3.96. The Balaban J connectivity index is 1.82. The number of aromatic amines is 1. The number of alkyl halides is 3. The van der Waals surface area contributed by atoms with Crippen molar-refractivity contribution in [1.29, 1.82) is 0 Å². The van der Waals surface area contributed by atoms with E-state index in [-0.39, 0.29) is 27.5 Å². The van der Waals surface area contributed by atoms with Crippen LogP contribution in [0.3, 0.4) is 0 Å². The van der Waals surface area contributed by atoms with Gasteiger partial charge < -0.3 is 15.2 Å². The van der Waals surface area contributed by atoms with Gasteiger partial charge in [0.05, 0.1) is 22.2 Å². The molecular weight excluding hydrogens is 478 g/mol. The second-order valence-corrected chi connectivity index (χ2v) is 8.09. The third-order valence-corrected chi connectivity index (χ3v) is 5.75. The molecule has 0 bridgehead atoms. The molecule has 0 aliphatic carbocycles. The first-order valence-corrected chi connectivity index (χ1v) is 10.3. The number of halogens is 5. The highest BCUT2D eigenvalue weighted by Crippen LogP contribution is 2.40. The van der Waals surface area contributed by atoms with Crippen LogP contribution in [0.15, 0.2) is 53.3 Å². The van der Waals surface area contributed by atoms with Gasteiger partial charge in [0.15, 0.2) is 0 Å². The molecule has 2 aromatic carbocycles. The Bertz CT molecular complexity index is 1370. The predicted octanol–water partition coefficient (Wildman–Crippen LogP) is 4.94. The maximum absolute atomic E-state index is 13.7. The van der Waals surface area contributed by atoms with E-state index >= 15 is 0 Å². The number of rotatable bonds is 3. The summed E-state index contributed by atoms with van der Waals surface area (Å²) < 4.78 is 54.1. The summed E-state index contributed by atoms with van der Waals surface area (Å²) in [4.78, 5) is 41.5. The molecule has 1 unspecified atom stereocenters. The second kappa shape index (κ2) is 8.60. The first-order valence-electron chi connectivity index (χ1n) is 9.97. The molecule has 0 saturated carbocycles. The molecule has 34 heavy (non-hydrogen) atoms. The molecule has 176 valence electrons. The lowest BCUT2D eigenvalue weighted by Crippen LogP contribution is -2.40. The average Bonchev–Trinajstić information content (AvgIpc) is 2.85. The van der Waals surface area contributed by atoms with Gasteiger partial charge >= 0.3 is 6.18 Å². The van der Waals surface area contributed by atoms with Crippen LogP contribution in [0.2, 0.25) is 5.02 Å². The minimum absolute atomic E-state index is 0.0348. The van der Waals surface area contributed by atoms with E-state index in [2.05, 4.69) is 5.32 Å². The number of hydrogen-bond donors (Lipinski definition) is 2. The fraction of sp³-hybridized carbons (Fsp3) is 0.174. The number of H-pyrrole nitrogens is 1. The third kappa shape index (κ3) is 4.28. The summed E-state index contributed by atoms with van der Waals surface area (Å²) in [5.74, 6) is -3.14. The van der Waals surface area contributed by atoms with Crippen LogP contribution in [0.1, 0.15) is 24.1 Å². The molecular formula is C23H16ClF4N3O3. The van der Waals surface area contributed by atoms with E-state index in [0.29, 0.717) is 11.6 Å². The van der Waals surface area contributed by atoms with E-state index in [0.717, 1.165) is 11.0 Å². The highest BCUT2D eigenvalue weighted by Gasteiger charge is 2.38. The Hall–Kier alpha value is -3.66. The number of nitrogens with zero attached hydrogens (tertiary/aromatic N) is 1. The van der Waals surface area contributed by atoms with Crippen LogP contribution >= 0.6 is 11.6 Å². The molecule has 2 heterocycles. The largest absolute Gasteiger partial charge is 0.431 e. The zero-order valence-corrected chi connectivity index (χ0v) is 18.2. The molecule has 1 aromatic heterocycles. The maximum Gasteiger partial charge on any atom is 0.431 e. The number of nitrogens with one attached hydrogen (secondary N) is 2. The molecule has 1 aliphatic rings. The summed E-state index contributed by atoms with van der Waals surface area (Å²) in [5.41, 5.74) is -2.17. The van der Waals surface area contributed by atoms with Gasteiger partial charge in [-0.3, -0.25) is 14.4 Å². The van der Waals surface area contributed by atoms with Gasteiger partial charge in [0.25, 0.3) is 5.56 Å². The highest BCUT2D eigenvalue weighted by molar-refractivity contribution is 6.30. The zero-order chi connectivity index (χ0) is 24.8. The van der Waals surface area contributed by atoms with Crippen molar-refractivity contribution in [2.45, 2.75) is 19.0 Å². The highest BCUT2D eigenvalue weighted by atomic mass is 35.5. The van der Waals surface area contributed by atoms with Crippen molar-refractivity contribution in [3.8, 4) is 11.1 Å². The molecule has 1 aliphatic heterocycles. The van der Waals surface area contributed by atoms with Gasteiger partial charge in [-0.1, -0.05) is 35.9 Å². The number of hydrogen-bond acceptors (Lipinski definition) is 3. The SMILES string of the molecule is CC1C(=O)N(CC(=O)Nc2ccc(Cl)c(F)c2)c2cc(C(F)(F)F)[nH]c(=O)c2-c2ccccc21. The lowest BCUT2D eigenvalue weighted by Gasteiger charge is -2.25. The molecule has 2 N–H and O–H groups in total. The van der Waals surface area contributed by atoms with Gasteiger partial charge in [-0.25, -0.2) is 4.39 Å². The molecule has 11 heteroatoms. The first kappa shape index (κ1) is 23.5. The molecule has 4 rings (SSSR count). The summed E-state index contributed by atoms with van der Waals surface area (Å²) in [6.45, 7) is 0.820. The van der Waals surface area contributed by atoms with Crippen molar-refractivity contribution in [3.63, 3.8) is 0 Å². The van der Waals surface area contributed by atoms with Crippen LogP contribution in [-0.2, 0) is 15.8 Å². The van der Waals surface area contributed by atoms with Crippen LogP contribution in [0.5, 0.6) is 0 Å². The maximum atomic E-state index is 13.7. The van der Waals surface area contributed by atoms with Crippen molar-refractivity contribution in [2.24, 2.45) is 0 Å². The quantitative estimate of drug-likeness (QED) is 0.507. The normalized spacial score (nSPS) is 15.4. The van der Waals surface area contributed by atoms with Gasteiger partial charge in [-0.05, 0) is 42.3 Å². The Morgan fingerprint density at radius 2 is 1.85 bits per heavy atom. The van der Waals surface area contributed by atoms with Gasteiger partial charge in [0.1, 0.15) is 18.1 Å². The van der Waals surface area contributed by atoms with Gasteiger partial charge in [-0.15, -0.1) is 0 Å². The topological polar surface area (TPSA) is 82.3 Å². The summed E-state index contributed by atoms with van der Waals surface area (Å²) in [5, 5.41) is 2.22.